The molecular weight excluding hydrogens is 194 g/mol. The van der Waals surface area contributed by atoms with E-state index in [1.165, 1.54) is 24.6 Å². The summed E-state index contributed by atoms with van der Waals surface area (Å²) in [7, 11) is 0. The van der Waals surface area contributed by atoms with Crippen LogP contribution in [0.4, 0.5) is 0 Å². The minimum Gasteiger partial charge on any atom is -0.402 e. The molecule has 0 atom stereocenters. The fourth-order valence-corrected chi connectivity index (χ4v) is 1.66. The van der Waals surface area contributed by atoms with Gasteiger partial charge in [0.1, 0.15) is 0 Å². The Bertz CT molecular complexity index is 338. The lowest BCUT2D eigenvalue weighted by Crippen LogP contribution is -2.31. The Morgan fingerprint density at radius 3 is 2.53 bits per heavy atom. The third kappa shape index (κ3) is 2.53. The van der Waals surface area contributed by atoms with Crippen LogP contribution in [0.5, 0.6) is 0 Å². The van der Waals surface area contributed by atoms with Crippen molar-refractivity contribution >= 4 is 11.6 Å². The van der Waals surface area contributed by atoms with Gasteiger partial charge in [-0.2, -0.15) is 0 Å². The van der Waals surface area contributed by atoms with Crippen molar-refractivity contribution in [2.45, 2.75) is 19.3 Å². The first-order valence-electron chi connectivity index (χ1n) is 5.17. The van der Waals surface area contributed by atoms with Crippen LogP contribution in [0.2, 0.25) is 0 Å². The molecular formula is C11H13NO3. The summed E-state index contributed by atoms with van der Waals surface area (Å²) in [5.74, 6) is -0.286. The fraction of sp³-hybridized carbons (Fsp3) is 0.455. The standard InChI is InChI=1S/C11H13NO3/c13-9-4-5-10(14)11(8-9)15-12-6-2-1-3-7-12/h4-5,8H,1-3,6-7H2. The summed E-state index contributed by atoms with van der Waals surface area (Å²) in [6, 6.07) is 0. The number of nitrogens with zero attached hydrogens (tertiary/aromatic N) is 1. The molecule has 0 spiro atoms. The molecule has 0 unspecified atom stereocenters. The highest BCUT2D eigenvalue weighted by Gasteiger charge is 2.19. The maximum absolute atomic E-state index is 11.4. The quantitative estimate of drug-likeness (QED) is 0.634. The molecule has 0 aromatic heterocycles. The maximum Gasteiger partial charge on any atom is 0.223 e. The van der Waals surface area contributed by atoms with Crippen molar-refractivity contribution in [3.8, 4) is 0 Å². The van der Waals surface area contributed by atoms with Crippen LogP contribution in [0.3, 0.4) is 0 Å². The van der Waals surface area contributed by atoms with Gasteiger partial charge in [-0.3, -0.25) is 9.59 Å². The Morgan fingerprint density at radius 1 is 1.07 bits per heavy atom. The molecule has 0 saturated carbocycles. The van der Waals surface area contributed by atoms with Gasteiger partial charge in [0.25, 0.3) is 0 Å². The van der Waals surface area contributed by atoms with E-state index in [9.17, 15) is 9.59 Å². The first-order valence-corrected chi connectivity index (χ1v) is 5.17. The van der Waals surface area contributed by atoms with E-state index in [1.54, 1.807) is 5.06 Å². The summed E-state index contributed by atoms with van der Waals surface area (Å²) >= 11 is 0. The molecule has 0 bridgehead atoms. The number of ketones is 2. The van der Waals surface area contributed by atoms with E-state index < -0.39 is 0 Å². The van der Waals surface area contributed by atoms with Crippen LogP contribution in [-0.4, -0.2) is 29.7 Å². The molecule has 15 heavy (non-hydrogen) atoms. The first kappa shape index (κ1) is 10.1. The van der Waals surface area contributed by atoms with Gasteiger partial charge in [0.15, 0.2) is 11.5 Å². The molecule has 1 saturated heterocycles. The van der Waals surface area contributed by atoms with Gasteiger partial charge in [0.2, 0.25) is 5.78 Å². The highest BCUT2D eigenvalue weighted by Crippen LogP contribution is 2.14. The molecule has 2 rings (SSSR count). The number of piperidine rings is 1. The third-order valence-electron chi connectivity index (χ3n) is 2.46. The minimum atomic E-state index is -0.236. The van der Waals surface area contributed by atoms with E-state index in [2.05, 4.69) is 0 Å². The second-order valence-corrected chi connectivity index (χ2v) is 3.69. The van der Waals surface area contributed by atoms with E-state index in [-0.39, 0.29) is 17.3 Å². The highest BCUT2D eigenvalue weighted by molar-refractivity contribution is 6.16. The maximum atomic E-state index is 11.4. The SMILES string of the molecule is O=C1C=CC(=O)C(ON2CCCCC2)=C1. The van der Waals surface area contributed by atoms with Crippen molar-refractivity contribution in [3.63, 3.8) is 0 Å². The molecule has 0 radical (unpaired) electrons. The molecule has 0 aromatic carbocycles. The normalized spacial score (nSPS) is 22.8. The van der Waals surface area contributed by atoms with E-state index in [4.69, 9.17) is 4.84 Å². The summed E-state index contributed by atoms with van der Waals surface area (Å²) in [6.07, 6.45) is 7.10. The lowest BCUT2D eigenvalue weighted by Gasteiger charge is -2.26. The Hall–Kier alpha value is -1.42. The van der Waals surface area contributed by atoms with Gasteiger partial charge in [0, 0.05) is 19.2 Å². The van der Waals surface area contributed by atoms with Crippen molar-refractivity contribution < 1.29 is 14.4 Å². The summed E-state index contributed by atoms with van der Waals surface area (Å²) < 4.78 is 0. The van der Waals surface area contributed by atoms with E-state index in [1.807, 2.05) is 0 Å². The van der Waals surface area contributed by atoms with Gasteiger partial charge in [-0.1, -0.05) is 6.42 Å². The van der Waals surface area contributed by atoms with Crippen LogP contribution in [-0.2, 0) is 14.4 Å². The summed E-state index contributed by atoms with van der Waals surface area (Å²) in [5, 5.41) is 1.75. The number of hydroxylamine groups is 2. The zero-order valence-corrected chi connectivity index (χ0v) is 8.44. The van der Waals surface area contributed by atoms with Crippen LogP contribution < -0.4 is 0 Å². The topological polar surface area (TPSA) is 46.6 Å². The number of rotatable bonds is 2. The lowest BCUT2D eigenvalue weighted by molar-refractivity contribution is -0.147. The molecule has 4 nitrogen and oxygen atoms in total. The van der Waals surface area contributed by atoms with Crippen molar-refractivity contribution in [1.82, 2.24) is 5.06 Å². The minimum absolute atomic E-state index is 0.143. The Morgan fingerprint density at radius 2 is 1.80 bits per heavy atom. The number of carbonyl (C=O) groups excluding carboxylic acids is 2. The summed E-state index contributed by atoms with van der Waals surface area (Å²) in [4.78, 5) is 27.8. The first-order chi connectivity index (χ1) is 7.25. The van der Waals surface area contributed by atoms with E-state index in [0.29, 0.717) is 0 Å². The van der Waals surface area contributed by atoms with Crippen LogP contribution >= 0.6 is 0 Å². The fourth-order valence-electron chi connectivity index (χ4n) is 1.66. The molecule has 1 fully saturated rings. The van der Waals surface area contributed by atoms with Gasteiger partial charge in [0.05, 0.1) is 0 Å². The monoisotopic (exact) mass is 207 g/mol. The van der Waals surface area contributed by atoms with Crippen LogP contribution in [0.15, 0.2) is 24.0 Å². The lowest BCUT2D eigenvalue weighted by atomic mass is 10.1. The van der Waals surface area contributed by atoms with Gasteiger partial charge < -0.3 is 4.84 Å². The third-order valence-corrected chi connectivity index (χ3v) is 2.46. The average Bonchev–Trinajstić information content (AvgIpc) is 2.25. The van der Waals surface area contributed by atoms with Crippen molar-refractivity contribution in [3.05, 3.63) is 24.0 Å². The van der Waals surface area contributed by atoms with Crippen LogP contribution in [0, 0.1) is 0 Å². The number of carbonyl (C=O) groups is 2. The zero-order chi connectivity index (χ0) is 10.7. The Balaban J connectivity index is 1.98. The molecule has 0 aromatic rings. The largest absolute Gasteiger partial charge is 0.402 e. The average molecular weight is 207 g/mol. The molecule has 1 aliphatic heterocycles. The molecule has 0 amide bonds. The molecule has 1 aliphatic carbocycles. The molecule has 4 heteroatoms. The van der Waals surface area contributed by atoms with Gasteiger partial charge >= 0.3 is 0 Å². The Labute approximate surface area is 88.1 Å². The summed E-state index contributed by atoms with van der Waals surface area (Å²) in [5.41, 5.74) is 0. The van der Waals surface area contributed by atoms with Crippen molar-refractivity contribution in [2.24, 2.45) is 0 Å². The van der Waals surface area contributed by atoms with Crippen molar-refractivity contribution in [1.29, 1.82) is 0 Å². The summed E-state index contributed by atoms with van der Waals surface area (Å²) in [6.45, 7) is 1.64. The predicted molar refractivity (Wildman–Crippen MR) is 53.7 cm³/mol. The van der Waals surface area contributed by atoms with E-state index in [0.717, 1.165) is 25.9 Å². The number of hydrogen-bond acceptors (Lipinski definition) is 4. The van der Waals surface area contributed by atoms with Crippen LogP contribution in [0.25, 0.3) is 0 Å². The molecule has 80 valence electrons. The van der Waals surface area contributed by atoms with Crippen LogP contribution in [0.1, 0.15) is 19.3 Å². The van der Waals surface area contributed by atoms with Crippen molar-refractivity contribution in [2.75, 3.05) is 13.1 Å². The predicted octanol–water partition coefficient (Wildman–Crippen LogP) is 0.996. The molecule has 2 aliphatic rings. The second kappa shape index (κ2) is 4.40. The van der Waals surface area contributed by atoms with E-state index >= 15 is 0 Å². The molecule has 0 N–H and O–H groups in total. The second-order valence-electron chi connectivity index (χ2n) is 3.69. The van der Waals surface area contributed by atoms with Gasteiger partial charge in [-0.05, 0) is 25.0 Å². The van der Waals surface area contributed by atoms with Gasteiger partial charge in [-0.15, -0.1) is 5.06 Å². The number of hydrogen-bond donors (Lipinski definition) is 0. The zero-order valence-electron chi connectivity index (χ0n) is 8.44. The Kier molecular flexibility index (Phi) is 2.97. The highest BCUT2D eigenvalue weighted by atomic mass is 16.7. The van der Waals surface area contributed by atoms with Gasteiger partial charge in [-0.25, -0.2) is 0 Å². The smallest absolute Gasteiger partial charge is 0.223 e. The number of allylic oxidation sites excluding steroid dienone is 3. The molecule has 1 heterocycles.